The summed E-state index contributed by atoms with van der Waals surface area (Å²) in [6.45, 7) is 4.27. The molecule has 2 rings (SSSR count). The number of nitrogens with two attached hydrogens (primary N) is 1. The van der Waals surface area contributed by atoms with Gasteiger partial charge in [0.25, 0.3) is 0 Å². The second kappa shape index (κ2) is 4.62. The number of anilines is 1. The molecule has 2 aromatic rings. The van der Waals surface area contributed by atoms with Crippen molar-refractivity contribution in [2.24, 2.45) is 0 Å². The highest BCUT2D eigenvalue weighted by Gasteiger charge is 1.99. The molecular weight excluding hydrogens is 214 g/mol. The predicted octanol–water partition coefficient (Wildman–Crippen LogP) is 4.04. The van der Waals surface area contributed by atoms with E-state index >= 15 is 0 Å². The van der Waals surface area contributed by atoms with Gasteiger partial charge >= 0.3 is 0 Å². The molecule has 0 aromatic heterocycles. The minimum absolute atomic E-state index is 0.810. The molecule has 16 heavy (non-hydrogen) atoms. The molecule has 0 aliphatic heterocycles. The Morgan fingerprint density at radius 3 is 2.06 bits per heavy atom. The summed E-state index contributed by atoms with van der Waals surface area (Å²) in [4.78, 5) is 2.49. The molecule has 82 valence electrons. The van der Waals surface area contributed by atoms with Gasteiger partial charge in [-0.25, -0.2) is 0 Å². The second-order valence-corrected chi connectivity index (χ2v) is 5.06. The molecule has 0 aliphatic carbocycles. The molecular formula is C14H15NS. The Labute approximate surface area is 101 Å². The largest absolute Gasteiger partial charge is 0.399 e. The van der Waals surface area contributed by atoms with Crippen molar-refractivity contribution in [3.63, 3.8) is 0 Å². The molecule has 2 N–H and O–H groups in total. The average molecular weight is 229 g/mol. The third-order valence-electron chi connectivity index (χ3n) is 2.59. The summed E-state index contributed by atoms with van der Waals surface area (Å²) in [6.07, 6.45) is 0. The van der Waals surface area contributed by atoms with Crippen LogP contribution in [-0.4, -0.2) is 0 Å². The van der Waals surface area contributed by atoms with E-state index in [1.165, 1.54) is 20.9 Å². The molecule has 0 radical (unpaired) electrons. The van der Waals surface area contributed by atoms with Crippen molar-refractivity contribution in [1.29, 1.82) is 0 Å². The van der Waals surface area contributed by atoms with Crippen LogP contribution in [0.5, 0.6) is 0 Å². The molecule has 2 heteroatoms. The molecule has 0 saturated heterocycles. The lowest BCUT2D eigenvalue weighted by Gasteiger charge is -2.05. The summed E-state index contributed by atoms with van der Waals surface area (Å²) < 4.78 is 0. The first-order chi connectivity index (χ1) is 7.65. The van der Waals surface area contributed by atoms with Crippen LogP contribution in [-0.2, 0) is 0 Å². The number of rotatable bonds is 2. The Balaban J connectivity index is 2.20. The van der Waals surface area contributed by atoms with E-state index < -0.39 is 0 Å². The minimum atomic E-state index is 0.810. The number of hydrogen-bond donors (Lipinski definition) is 1. The first-order valence-corrected chi connectivity index (χ1v) is 6.07. The summed E-state index contributed by atoms with van der Waals surface area (Å²) in [7, 11) is 0. The molecule has 0 bridgehead atoms. The first kappa shape index (κ1) is 11.1. The smallest absolute Gasteiger partial charge is 0.0314 e. The lowest BCUT2D eigenvalue weighted by molar-refractivity contribution is 1.27. The molecule has 0 amide bonds. The summed E-state index contributed by atoms with van der Waals surface area (Å²) in [6, 6.07) is 14.5. The molecule has 0 fully saturated rings. The third kappa shape index (κ3) is 2.58. The van der Waals surface area contributed by atoms with Gasteiger partial charge in [-0.15, -0.1) is 0 Å². The van der Waals surface area contributed by atoms with Crippen LogP contribution >= 0.6 is 11.8 Å². The zero-order valence-corrected chi connectivity index (χ0v) is 10.3. The van der Waals surface area contributed by atoms with Gasteiger partial charge in [0.2, 0.25) is 0 Å². The summed E-state index contributed by atoms with van der Waals surface area (Å²) in [5.74, 6) is 0. The van der Waals surface area contributed by atoms with E-state index in [0.29, 0.717) is 0 Å². The molecule has 0 spiro atoms. The Kier molecular flexibility index (Phi) is 3.20. The van der Waals surface area contributed by atoms with Crippen molar-refractivity contribution >= 4 is 17.4 Å². The highest BCUT2D eigenvalue weighted by atomic mass is 32.2. The van der Waals surface area contributed by atoms with Gasteiger partial charge in [0.05, 0.1) is 0 Å². The van der Waals surface area contributed by atoms with Crippen LogP contribution in [0.2, 0.25) is 0 Å². The van der Waals surface area contributed by atoms with E-state index in [4.69, 9.17) is 5.73 Å². The first-order valence-electron chi connectivity index (χ1n) is 5.26. The van der Waals surface area contributed by atoms with Crippen LogP contribution < -0.4 is 5.73 Å². The number of benzene rings is 2. The van der Waals surface area contributed by atoms with Crippen molar-refractivity contribution in [2.45, 2.75) is 23.6 Å². The summed E-state index contributed by atoms with van der Waals surface area (Å²) >= 11 is 1.76. The van der Waals surface area contributed by atoms with Crippen LogP contribution in [0.3, 0.4) is 0 Å². The van der Waals surface area contributed by atoms with Gasteiger partial charge in [-0.2, -0.15) is 0 Å². The van der Waals surface area contributed by atoms with Crippen molar-refractivity contribution < 1.29 is 0 Å². The predicted molar refractivity (Wildman–Crippen MR) is 70.9 cm³/mol. The molecule has 0 unspecified atom stereocenters. The fraction of sp³-hybridized carbons (Fsp3) is 0.143. The van der Waals surface area contributed by atoms with Gasteiger partial charge < -0.3 is 5.73 Å². The molecule has 1 nitrogen and oxygen atoms in total. The van der Waals surface area contributed by atoms with Crippen LogP contribution in [0.1, 0.15) is 11.1 Å². The lowest BCUT2D eigenvalue weighted by Crippen LogP contribution is -1.83. The van der Waals surface area contributed by atoms with Gasteiger partial charge in [-0.05, 0) is 61.4 Å². The quantitative estimate of drug-likeness (QED) is 0.787. The zero-order valence-electron chi connectivity index (χ0n) is 9.53. The molecule has 0 atom stereocenters. The topological polar surface area (TPSA) is 26.0 Å². The standard InChI is InChI=1S/C14H15NS/c1-10-3-6-14(9-11(10)2)16-13-7-4-12(15)5-8-13/h3-9H,15H2,1-2H3. The van der Waals surface area contributed by atoms with E-state index in [1.54, 1.807) is 11.8 Å². The maximum absolute atomic E-state index is 5.65. The van der Waals surface area contributed by atoms with Crippen molar-refractivity contribution in [3.8, 4) is 0 Å². The SMILES string of the molecule is Cc1ccc(Sc2ccc(N)cc2)cc1C. The van der Waals surface area contributed by atoms with Gasteiger partial charge in [0.15, 0.2) is 0 Å². The highest BCUT2D eigenvalue weighted by Crippen LogP contribution is 2.29. The van der Waals surface area contributed by atoms with E-state index in [-0.39, 0.29) is 0 Å². The molecule has 0 saturated carbocycles. The average Bonchev–Trinajstić information content (AvgIpc) is 2.27. The van der Waals surface area contributed by atoms with Crippen molar-refractivity contribution in [3.05, 3.63) is 53.6 Å². The zero-order chi connectivity index (χ0) is 11.5. The maximum Gasteiger partial charge on any atom is 0.0314 e. The van der Waals surface area contributed by atoms with E-state index in [1.807, 2.05) is 12.1 Å². The van der Waals surface area contributed by atoms with Crippen LogP contribution in [0.4, 0.5) is 5.69 Å². The number of aryl methyl sites for hydroxylation is 2. The Hall–Kier alpha value is -1.41. The normalized spacial score (nSPS) is 10.4. The van der Waals surface area contributed by atoms with Gasteiger partial charge in [-0.1, -0.05) is 17.8 Å². The Bertz CT molecular complexity index is 489. The second-order valence-electron chi connectivity index (χ2n) is 3.92. The minimum Gasteiger partial charge on any atom is -0.399 e. The van der Waals surface area contributed by atoms with E-state index in [0.717, 1.165) is 5.69 Å². The number of nitrogen functional groups attached to an aromatic ring is 1. The van der Waals surface area contributed by atoms with Gasteiger partial charge in [0.1, 0.15) is 0 Å². The van der Waals surface area contributed by atoms with Crippen LogP contribution in [0.25, 0.3) is 0 Å². The lowest BCUT2D eigenvalue weighted by atomic mass is 10.1. The fourth-order valence-electron chi connectivity index (χ4n) is 1.45. The van der Waals surface area contributed by atoms with E-state index in [2.05, 4.69) is 44.2 Å². The summed E-state index contributed by atoms with van der Waals surface area (Å²) in [5.41, 5.74) is 9.13. The van der Waals surface area contributed by atoms with Gasteiger partial charge in [-0.3, -0.25) is 0 Å². The molecule has 2 aromatic carbocycles. The Morgan fingerprint density at radius 1 is 0.812 bits per heavy atom. The highest BCUT2D eigenvalue weighted by molar-refractivity contribution is 7.99. The molecule has 0 aliphatic rings. The van der Waals surface area contributed by atoms with Crippen molar-refractivity contribution in [1.82, 2.24) is 0 Å². The van der Waals surface area contributed by atoms with Gasteiger partial charge in [0, 0.05) is 15.5 Å². The molecule has 0 heterocycles. The maximum atomic E-state index is 5.65. The monoisotopic (exact) mass is 229 g/mol. The number of hydrogen-bond acceptors (Lipinski definition) is 2. The van der Waals surface area contributed by atoms with Crippen molar-refractivity contribution in [2.75, 3.05) is 5.73 Å². The van der Waals surface area contributed by atoms with Crippen LogP contribution in [0.15, 0.2) is 52.3 Å². The fourth-order valence-corrected chi connectivity index (χ4v) is 2.37. The van der Waals surface area contributed by atoms with E-state index in [9.17, 15) is 0 Å². The Morgan fingerprint density at radius 2 is 1.44 bits per heavy atom. The third-order valence-corrected chi connectivity index (χ3v) is 3.59. The summed E-state index contributed by atoms with van der Waals surface area (Å²) in [5, 5.41) is 0. The van der Waals surface area contributed by atoms with Crippen LogP contribution in [0, 0.1) is 13.8 Å².